The van der Waals surface area contributed by atoms with E-state index in [0.717, 1.165) is 31.6 Å². The quantitative estimate of drug-likeness (QED) is 0.823. The average Bonchev–Trinajstić information content (AvgIpc) is 2.94. The fourth-order valence-electron chi connectivity index (χ4n) is 4.24. The molecule has 0 aromatic carbocycles. The van der Waals surface area contributed by atoms with Gasteiger partial charge in [0.05, 0.1) is 0 Å². The molecule has 0 saturated carbocycles. The number of imidazole rings is 1. The van der Waals surface area contributed by atoms with Crippen LogP contribution in [0.1, 0.15) is 36.1 Å². The van der Waals surface area contributed by atoms with Crippen LogP contribution in [0.5, 0.6) is 0 Å². The zero-order valence-electron chi connectivity index (χ0n) is 15.6. The second kappa shape index (κ2) is 7.50. The van der Waals surface area contributed by atoms with Gasteiger partial charge in [-0.2, -0.15) is 0 Å². The number of aromatic nitrogens is 3. The van der Waals surface area contributed by atoms with E-state index in [1.165, 1.54) is 0 Å². The molecule has 7 heteroatoms. The van der Waals surface area contributed by atoms with Gasteiger partial charge >= 0.3 is 0 Å². The molecule has 5 rings (SSSR count). The van der Waals surface area contributed by atoms with Crippen molar-refractivity contribution in [2.24, 2.45) is 5.92 Å². The summed E-state index contributed by atoms with van der Waals surface area (Å²) < 4.78 is 1.93. The fourth-order valence-corrected chi connectivity index (χ4v) is 4.24. The van der Waals surface area contributed by atoms with E-state index in [-0.39, 0.29) is 17.9 Å². The van der Waals surface area contributed by atoms with Crippen LogP contribution in [-0.4, -0.2) is 61.8 Å². The molecular formula is C20H25N5O2. The lowest BCUT2D eigenvalue weighted by atomic mass is 9.95. The van der Waals surface area contributed by atoms with Gasteiger partial charge in [0.2, 0.25) is 5.91 Å². The third-order valence-electron chi connectivity index (χ3n) is 5.63. The van der Waals surface area contributed by atoms with Crippen LogP contribution in [0.2, 0.25) is 0 Å². The van der Waals surface area contributed by atoms with Crippen LogP contribution >= 0.6 is 0 Å². The monoisotopic (exact) mass is 367 g/mol. The first-order valence-electron chi connectivity index (χ1n) is 9.65. The van der Waals surface area contributed by atoms with Gasteiger partial charge in [0.25, 0.3) is 5.91 Å². The predicted molar refractivity (Wildman–Crippen MR) is 100.0 cm³/mol. The zero-order valence-corrected chi connectivity index (χ0v) is 15.6. The molecule has 0 unspecified atom stereocenters. The highest BCUT2D eigenvalue weighted by molar-refractivity contribution is 5.92. The van der Waals surface area contributed by atoms with E-state index in [1.807, 2.05) is 39.6 Å². The molecule has 7 nitrogen and oxygen atoms in total. The zero-order chi connectivity index (χ0) is 18.8. The number of amides is 2. The second-order valence-corrected chi connectivity index (χ2v) is 7.39. The fraction of sp³-hybridized carbons (Fsp3) is 0.500. The lowest BCUT2D eigenvalue weighted by molar-refractivity contribution is -0.136. The Bertz CT molecular complexity index is 819. The van der Waals surface area contributed by atoms with Crippen LogP contribution in [0.3, 0.4) is 0 Å². The first kappa shape index (κ1) is 17.7. The molecule has 0 radical (unpaired) electrons. The Hall–Kier alpha value is -2.70. The van der Waals surface area contributed by atoms with E-state index in [2.05, 4.69) is 9.97 Å². The summed E-state index contributed by atoms with van der Waals surface area (Å²) in [5.41, 5.74) is 0.475. The number of piperidine rings is 1. The molecule has 2 atom stereocenters. The molecular weight excluding hydrogens is 342 g/mol. The number of nitrogens with zero attached hydrogens (tertiary/aromatic N) is 5. The molecule has 3 fully saturated rings. The first-order chi connectivity index (χ1) is 13.2. The van der Waals surface area contributed by atoms with Crippen LogP contribution in [0.4, 0.5) is 0 Å². The maximum absolute atomic E-state index is 13.0. The van der Waals surface area contributed by atoms with Gasteiger partial charge in [0, 0.05) is 50.7 Å². The Morgan fingerprint density at radius 3 is 2.78 bits per heavy atom. The molecule has 0 aliphatic carbocycles. The van der Waals surface area contributed by atoms with Gasteiger partial charge < -0.3 is 14.4 Å². The summed E-state index contributed by atoms with van der Waals surface area (Å²) in [6.07, 6.45) is 8.07. The van der Waals surface area contributed by atoms with Crippen molar-refractivity contribution in [2.45, 2.75) is 38.8 Å². The van der Waals surface area contributed by atoms with E-state index >= 15 is 0 Å². The number of carbonyl (C=O) groups is 2. The second-order valence-electron chi connectivity index (χ2n) is 7.39. The Balaban J connectivity index is 1.48. The molecule has 2 bridgehead atoms. The van der Waals surface area contributed by atoms with E-state index < -0.39 is 0 Å². The smallest absolute Gasteiger partial charge is 0.272 e. The highest BCUT2D eigenvalue weighted by Gasteiger charge is 2.38. The summed E-state index contributed by atoms with van der Waals surface area (Å²) in [7, 11) is 0. The Kier molecular flexibility index (Phi) is 4.92. The van der Waals surface area contributed by atoms with Gasteiger partial charge in [-0.1, -0.05) is 13.0 Å². The van der Waals surface area contributed by atoms with Gasteiger partial charge in [-0.05, 0) is 30.9 Å². The molecule has 3 aliphatic heterocycles. The standard InChI is InChI=1S/C20H25N5O2/c1-2-18-22-9-10-23(18)14-19(26)25-12-15-6-7-16(25)13-24(11-15)20(27)17-5-3-4-8-21-17/h3-5,8-10,15-16H,2,6-7,11-14H2,1H3/t15-,16+/m0/s1. The van der Waals surface area contributed by atoms with Crippen molar-refractivity contribution in [3.05, 3.63) is 48.3 Å². The third kappa shape index (κ3) is 3.59. The number of aryl methyl sites for hydroxylation is 1. The van der Waals surface area contributed by atoms with E-state index in [4.69, 9.17) is 0 Å². The highest BCUT2D eigenvalue weighted by atomic mass is 16.2. The molecule has 3 aliphatic rings. The summed E-state index contributed by atoms with van der Waals surface area (Å²) in [5.74, 6) is 1.33. The summed E-state index contributed by atoms with van der Waals surface area (Å²) in [4.78, 5) is 38.2. The first-order valence-corrected chi connectivity index (χ1v) is 9.65. The lowest BCUT2D eigenvalue weighted by Gasteiger charge is -2.36. The van der Waals surface area contributed by atoms with Gasteiger partial charge in [0.15, 0.2) is 0 Å². The third-order valence-corrected chi connectivity index (χ3v) is 5.63. The highest BCUT2D eigenvalue weighted by Crippen LogP contribution is 2.29. The molecule has 3 saturated heterocycles. The van der Waals surface area contributed by atoms with Crippen molar-refractivity contribution in [3.8, 4) is 0 Å². The van der Waals surface area contributed by atoms with Gasteiger partial charge in [-0.15, -0.1) is 0 Å². The lowest BCUT2D eigenvalue weighted by Crippen LogP contribution is -2.48. The molecule has 2 aromatic heterocycles. The summed E-state index contributed by atoms with van der Waals surface area (Å²) >= 11 is 0. The minimum absolute atomic E-state index is 0.0373. The minimum Gasteiger partial charge on any atom is -0.336 e. The van der Waals surface area contributed by atoms with Crippen molar-refractivity contribution in [3.63, 3.8) is 0 Å². The van der Waals surface area contributed by atoms with Crippen LogP contribution in [0.15, 0.2) is 36.8 Å². The Morgan fingerprint density at radius 1 is 1.11 bits per heavy atom. The van der Waals surface area contributed by atoms with Gasteiger partial charge in [-0.3, -0.25) is 14.6 Å². The minimum atomic E-state index is -0.0373. The van der Waals surface area contributed by atoms with Gasteiger partial charge in [-0.25, -0.2) is 4.98 Å². The predicted octanol–water partition coefficient (Wildman–Crippen LogP) is 1.60. The van der Waals surface area contributed by atoms with Crippen LogP contribution in [0.25, 0.3) is 0 Å². The summed E-state index contributed by atoms with van der Waals surface area (Å²) in [6.45, 7) is 4.37. The Labute approximate surface area is 159 Å². The molecule has 0 N–H and O–H groups in total. The van der Waals surface area contributed by atoms with Crippen molar-refractivity contribution in [1.82, 2.24) is 24.3 Å². The van der Waals surface area contributed by atoms with E-state index in [0.29, 0.717) is 31.2 Å². The average molecular weight is 367 g/mol. The molecule has 2 aromatic rings. The number of rotatable bonds is 4. The molecule has 2 amide bonds. The van der Waals surface area contributed by atoms with E-state index in [1.54, 1.807) is 18.5 Å². The molecule has 27 heavy (non-hydrogen) atoms. The van der Waals surface area contributed by atoms with Crippen molar-refractivity contribution in [2.75, 3.05) is 19.6 Å². The van der Waals surface area contributed by atoms with Crippen molar-refractivity contribution >= 4 is 11.8 Å². The maximum atomic E-state index is 13.0. The number of hydrogen-bond donors (Lipinski definition) is 0. The van der Waals surface area contributed by atoms with Crippen molar-refractivity contribution in [1.29, 1.82) is 0 Å². The normalized spacial score (nSPS) is 22.0. The number of hydrogen-bond acceptors (Lipinski definition) is 4. The largest absolute Gasteiger partial charge is 0.336 e. The molecule has 0 spiro atoms. The Morgan fingerprint density at radius 2 is 2.00 bits per heavy atom. The number of carbonyl (C=O) groups excluding carboxylic acids is 2. The summed E-state index contributed by atoms with van der Waals surface area (Å²) in [6, 6.07) is 5.48. The molecule has 142 valence electrons. The van der Waals surface area contributed by atoms with Gasteiger partial charge in [0.1, 0.15) is 18.1 Å². The van der Waals surface area contributed by atoms with Crippen LogP contribution in [-0.2, 0) is 17.8 Å². The topological polar surface area (TPSA) is 71.3 Å². The molecule has 5 heterocycles. The number of fused-ring (bicyclic) bond motifs is 4. The maximum Gasteiger partial charge on any atom is 0.272 e. The SMILES string of the molecule is CCc1nccn1CC(=O)N1C[C@H]2CC[C@@H]1CN(C(=O)c1ccccn1)C2. The summed E-state index contributed by atoms with van der Waals surface area (Å²) in [5, 5.41) is 0. The van der Waals surface area contributed by atoms with E-state index in [9.17, 15) is 9.59 Å². The van der Waals surface area contributed by atoms with Crippen molar-refractivity contribution < 1.29 is 9.59 Å². The van der Waals surface area contributed by atoms with Crippen LogP contribution < -0.4 is 0 Å². The van der Waals surface area contributed by atoms with Crippen LogP contribution in [0, 0.1) is 5.92 Å². The number of pyridine rings is 1.